The summed E-state index contributed by atoms with van der Waals surface area (Å²) in [5, 5.41) is 0.696. The van der Waals surface area contributed by atoms with Gasteiger partial charge >= 0.3 is 0 Å². The van der Waals surface area contributed by atoms with Crippen LogP contribution in [0, 0.1) is 0 Å². The predicted molar refractivity (Wildman–Crippen MR) is 122 cm³/mol. The van der Waals surface area contributed by atoms with Crippen molar-refractivity contribution in [3.8, 4) is 5.75 Å². The molecule has 0 aliphatic rings. The normalized spacial score (nSPS) is 12.9. The topological polar surface area (TPSA) is 52.6 Å². The van der Waals surface area contributed by atoms with Gasteiger partial charge in [0.25, 0.3) is 0 Å². The molecule has 0 saturated carbocycles. The molecule has 1 rings (SSSR count). The summed E-state index contributed by atoms with van der Waals surface area (Å²) in [5.41, 5.74) is 0. The molecule has 1 unspecified atom stereocenters. The molecule has 0 bridgehead atoms. The summed E-state index contributed by atoms with van der Waals surface area (Å²) in [6.45, 7) is 2.97. The first-order valence-corrected chi connectivity index (χ1v) is 13.0. The van der Waals surface area contributed by atoms with Crippen LogP contribution in [0.3, 0.4) is 0 Å². The van der Waals surface area contributed by atoms with Gasteiger partial charge in [-0.15, -0.1) is 0 Å². The van der Waals surface area contributed by atoms with Gasteiger partial charge in [0.2, 0.25) is 7.37 Å². The fourth-order valence-electron chi connectivity index (χ4n) is 3.34. The van der Waals surface area contributed by atoms with Crippen LogP contribution in [-0.4, -0.2) is 25.8 Å². The highest BCUT2D eigenvalue weighted by molar-refractivity contribution is 7.66. The van der Waals surface area contributed by atoms with Gasteiger partial charge in [-0.3, -0.25) is 4.57 Å². The maximum atomic E-state index is 12.9. The quantitative estimate of drug-likeness (QED) is 0.150. The van der Waals surface area contributed by atoms with E-state index in [1.165, 1.54) is 71.0 Å². The Labute approximate surface area is 177 Å². The van der Waals surface area contributed by atoms with Gasteiger partial charge in [0.05, 0.1) is 6.61 Å². The molecule has 5 heteroatoms. The van der Waals surface area contributed by atoms with Crippen molar-refractivity contribution < 1.29 is 18.6 Å². The summed E-state index contributed by atoms with van der Waals surface area (Å²) in [5.74, 6) is 2.55. The predicted octanol–water partition coefficient (Wildman–Crippen LogP) is 6.70. The van der Waals surface area contributed by atoms with Gasteiger partial charge in [-0.05, 0) is 49.6 Å². The Morgan fingerprint density at radius 3 is 2.03 bits per heavy atom. The summed E-state index contributed by atoms with van der Waals surface area (Å²) in [6, 6.07) is 7.38. The number of hydrogen-bond donors (Lipinski definition) is 0. The Kier molecular flexibility index (Phi) is 14.6. The van der Waals surface area contributed by atoms with E-state index in [2.05, 4.69) is 6.92 Å². The van der Waals surface area contributed by atoms with Crippen molar-refractivity contribution in [2.24, 2.45) is 0 Å². The summed E-state index contributed by atoms with van der Waals surface area (Å²) in [4.78, 5) is 10.2. The Balaban J connectivity index is 2.22. The Hall–Kier alpha value is -1.34. The zero-order valence-corrected chi connectivity index (χ0v) is 19.3. The minimum atomic E-state index is -2.87. The van der Waals surface area contributed by atoms with E-state index in [9.17, 15) is 9.36 Å². The molecule has 0 aromatic heterocycles. The van der Waals surface area contributed by atoms with E-state index in [0.717, 1.165) is 18.8 Å². The molecule has 1 aromatic carbocycles. The zero-order chi connectivity index (χ0) is 21.2. The summed E-state index contributed by atoms with van der Waals surface area (Å²) >= 11 is 0. The molecule has 0 radical (unpaired) electrons. The molecule has 0 aliphatic carbocycles. The first-order valence-electron chi connectivity index (χ1n) is 11.2. The van der Waals surface area contributed by atoms with E-state index in [1.54, 1.807) is 5.94 Å². The number of carbonyl (C=O) groups excluding carboxylic acids is 1. The Morgan fingerprint density at radius 2 is 1.48 bits per heavy atom. The molecule has 1 atom stereocenters. The number of hydrogen-bond acceptors (Lipinski definition) is 4. The van der Waals surface area contributed by atoms with Gasteiger partial charge in [0, 0.05) is 18.6 Å². The monoisotopic (exact) mass is 422 g/mol. The molecule has 0 N–H and O–H groups in total. The highest BCUT2D eigenvalue weighted by atomic mass is 31.2. The fourth-order valence-corrected chi connectivity index (χ4v) is 5.19. The minimum absolute atomic E-state index is 0.417. The SMILES string of the molecule is CCCCCCCCCCCCOc1ccc(P(=O)(CCCC=C=O)OC)cc1. The molecule has 0 spiro atoms. The fraction of sp³-hybridized carbons (Fsp3) is 0.667. The molecule has 0 amide bonds. The van der Waals surface area contributed by atoms with E-state index >= 15 is 0 Å². The third-order valence-electron chi connectivity index (χ3n) is 5.18. The van der Waals surface area contributed by atoms with Crippen LogP contribution in [-0.2, 0) is 13.9 Å². The third-order valence-corrected chi connectivity index (χ3v) is 7.76. The first kappa shape index (κ1) is 25.7. The van der Waals surface area contributed by atoms with Crippen LogP contribution in [0.25, 0.3) is 0 Å². The van der Waals surface area contributed by atoms with Crippen molar-refractivity contribution in [2.75, 3.05) is 19.9 Å². The van der Waals surface area contributed by atoms with Crippen LogP contribution >= 0.6 is 7.37 Å². The van der Waals surface area contributed by atoms with Gasteiger partial charge in [-0.25, -0.2) is 4.79 Å². The average Bonchev–Trinajstić information content (AvgIpc) is 2.75. The standard InChI is InChI=1S/C24H39O4P/c1-3-4-5-6-7-8-9-10-11-14-21-28-23-16-18-24(19-17-23)29(26,27-2)22-15-12-13-20-25/h13,16-19H,3-12,14-15,21-22H2,1-2H3. The molecule has 164 valence electrons. The lowest BCUT2D eigenvalue weighted by atomic mass is 10.1. The lowest BCUT2D eigenvalue weighted by Crippen LogP contribution is -2.09. The van der Waals surface area contributed by atoms with Crippen LogP contribution in [0.1, 0.15) is 84.0 Å². The molecule has 4 nitrogen and oxygen atoms in total. The van der Waals surface area contributed by atoms with Gasteiger partial charge in [0.15, 0.2) is 0 Å². The second-order valence-corrected chi connectivity index (χ2v) is 10.2. The molecule has 0 aliphatic heterocycles. The molecule has 1 aromatic rings. The second-order valence-electron chi connectivity index (χ2n) is 7.57. The molecule has 0 saturated heterocycles. The average molecular weight is 423 g/mol. The van der Waals surface area contributed by atoms with Gasteiger partial charge in [-0.2, -0.15) is 0 Å². The van der Waals surface area contributed by atoms with Crippen molar-refractivity contribution in [3.63, 3.8) is 0 Å². The van der Waals surface area contributed by atoms with Gasteiger partial charge in [0.1, 0.15) is 11.7 Å². The van der Waals surface area contributed by atoms with Crippen LogP contribution < -0.4 is 10.0 Å². The van der Waals surface area contributed by atoms with Crippen LogP contribution in [0.5, 0.6) is 5.75 Å². The molecule has 29 heavy (non-hydrogen) atoms. The zero-order valence-electron chi connectivity index (χ0n) is 18.4. The maximum absolute atomic E-state index is 12.9. The molecule has 0 heterocycles. The third kappa shape index (κ3) is 11.4. The lowest BCUT2D eigenvalue weighted by Gasteiger charge is -2.16. The maximum Gasteiger partial charge on any atom is 0.231 e. The van der Waals surface area contributed by atoms with Crippen molar-refractivity contribution in [1.82, 2.24) is 0 Å². The highest BCUT2D eigenvalue weighted by Crippen LogP contribution is 2.45. The second kappa shape index (κ2) is 16.5. The summed E-state index contributed by atoms with van der Waals surface area (Å²) < 4.78 is 24.1. The lowest BCUT2D eigenvalue weighted by molar-refractivity contribution is 0.304. The van der Waals surface area contributed by atoms with Gasteiger partial charge in [-0.1, -0.05) is 64.7 Å². The molecular weight excluding hydrogens is 383 g/mol. The summed E-state index contributed by atoms with van der Waals surface area (Å²) in [7, 11) is -1.40. The van der Waals surface area contributed by atoms with Crippen LogP contribution in [0.2, 0.25) is 0 Å². The summed E-state index contributed by atoms with van der Waals surface area (Å²) in [6.07, 6.45) is 16.1. The van der Waals surface area contributed by atoms with Crippen molar-refractivity contribution in [3.05, 3.63) is 30.3 Å². The van der Waals surface area contributed by atoms with Crippen molar-refractivity contribution in [2.45, 2.75) is 84.0 Å². The number of benzene rings is 1. The Bertz CT molecular complexity index is 620. The number of rotatable bonds is 18. The number of ether oxygens (including phenoxy) is 1. The Morgan fingerprint density at radius 1 is 0.897 bits per heavy atom. The number of allylic oxidation sites excluding steroid dienone is 1. The van der Waals surface area contributed by atoms with Gasteiger partial charge < -0.3 is 9.26 Å². The van der Waals surface area contributed by atoms with E-state index in [4.69, 9.17) is 9.26 Å². The van der Waals surface area contributed by atoms with E-state index in [0.29, 0.717) is 24.3 Å². The molecule has 0 fully saturated rings. The minimum Gasteiger partial charge on any atom is -0.494 e. The van der Waals surface area contributed by atoms with Crippen molar-refractivity contribution in [1.29, 1.82) is 0 Å². The first-order chi connectivity index (χ1) is 14.2. The highest BCUT2D eigenvalue weighted by Gasteiger charge is 2.23. The van der Waals surface area contributed by atoms with E-state index < -0.39 is 7.37 Å². The molecular formula is C24H39O4P. The van der Waals surface area contributed by atoms with E-state index in [1.807, 2.05) is 24.3 Å². The van der Waals surface area contributed by atoms with Crippen LogP contribution in [0.15, 0.2) is 30.3 Å². The van der Waals surface area contributed by atoms with E-state index in [-0.39, 0.29) is 0 Å². The van der Waals surface area contributed by atoms with Crippen LogP contribution in [0.4, 0.5) is 0 Å². The smallest absolute Gasteiger partial charge is 0.231 e. The van der Waals surface area contributed by atoms with Crippen molar-refractivity contribution >= 4 is 18.6 Å². The largest absolute Gasteiger partial charge is 0.494 e. The number of unbranched alkanes of at least 4 members (excludes halogenated alkanes) is 10.